The van der Waals surface area contributed by atoms with Crippen molar-refractivity contribution in [1.29, 1.82) is 0 Å². The van der Waals surface area contributed by atoms with Gasteiger partial charge in [-0.15, -0.1) is 24.8 Å². The first-order valence-electron chi connectivity index (χ1n) is 7.04. The van der Waals surface area contributed by atoms with Crippen LogP contribution in [0.4, 0.5) is 0 Å². The summed E-state index contributed by atoms with van der Waals surface area (Å²) in [6, 6.07) is 0. The second-order valence-electron chi connectivity index (χ2n) is 5.19. The van der Waals surface area contributed by atoms with Crippen LogP contribution < -0.4 is 5.32 Å². The first-order chi connectivity index (χ1) is 9.33. The Kier molecular flexibility index (Phi) is 7.45. The highest BCUT2D eigenvalue weighted by atomic mass is 35.5. The Labute approximate surface area is 137 Å². The van der Waals surface area contributed by atoms with E-state index >= 15 is 0 Å². The molecule has 0 saturated carbocycles. The van der Waals surface area contributed by atoms with Gasteiger partial charge in [-0.1, -0.05) is 0 Å². The molecule has 0 unspecified atom stereocenters. The summed E-state index contributed by atoms with van der Waals surface area (Å²) in [5.41, 5.74) is 0. The van der Waals surface area contributed by atoms with E-state index in [1.54, 1.807) is 0 Å². The molecular weight excluding hydrogens is 313 g/mol. The van der Waals surface area contributed by atoms with Gasteiger partial charge >= 0.3 is 0 Å². The van der Waals surface area contributed by atoms with Gasteiger partial charge in [0.15, 0.2) is 0 Å². The zero-order chi connectivity index (χ0) is 13.1. The molecule has 6 nitrogen and oxygen atoms in total. The number of hydrogen-bond acceptors (Lipinski definition) is 4. The molecule has 0 aromatic carbocycles. The number of carbonyl (C=O) groups is 1. The third-order valence-corrected chi connectivity index (χ3v) is 3.94. The predicted octanol–water partition coefficient (Wildman–Crippen LogP) is 0.364. The Balaban J connectivity index is 0.00000110. The van der Waals surface area contributed by atoms with E-state index in [0.29, 0.717) is 6.42 Å². The molecule has 1 fully saturated rings. The summed E-state index contributed by atoms with van der Waals surface area (Å²) in [4.78, 5) is 20.7. The number of imidazole rings is 1. The third-order valence-electron chi connectivity index (χ3n) is 3.94. The van der Waals surface area contributed by atoms with Gasteiger partial charge in [0.25, 0.3) is 0 Å². The van der Waals surface area contributed by atoms with Crippen molar-refractivity contribution in [3.05, 3.63) is 18.2 Å². The summed E-state index contributed by atoms with van der Waals surface area (Å²) in [6.07, 6.45) is 4.50. The number of fused-ring (bicyclic) bond motifs is 1. The van der Waals surface area contributed by atoms with E-state index in [4.69, 9.17) is 0 Å². The topological polar surface area (TPSA) is 53.4 Å². The van der Waals surface area contributed by atoms with Gasteiger partial charge in [0.05, 0.1) is 6.54 Å². The van der Waals surface area contributed by atoms with Gasteiger partial charge in [-0.05, 0) is 0 Å². The molecule has 0 spiro atoms. The van der Waals surface area contributed by atoms with Gasteiger partial charge in [-0.3, -0.25) is 9.69 Å². The Hall–Kier alpha value is -0.820. The number of hydrogen-bond donors (Lipinski definition) is 1. The van der Waals surface area contributed by atoms with Gasteiger partial charge in [0, 0.05) is 64.6 Å². The molecule has 8 heteroatoms. The molecule has 0 atom stereocenters. The predicted molar refractivity (Wildman–Crippen MR) is 86.1 cm³/mol. The van der Waals surface area contributed by atoms with Gasteiger partial charge in [-0.2, -0.15) is 0 Å². The number of aromatic nitrogens is 2. The lowest BCUT2D eigenvalue weighted by molar-refractivity contribution is -0.132. The van der Waals surface area contributed by atoms with E-state index in [2.05, 4.69) is 19.8 Å². The highest BCUT2D eigenvalue weighted by Gasteiger charge is 2.20. The largest absolute Gasteiger partial charge is 0.340 e. The Morgan fingerprint density at radius 3 is 2.71 bits per heavy atom. The third kappa shape index (κ3) is 4.57. The van der Waals surface area contributed by atoms with Crippen LogP contribution in [-0.4, -0.2) is 64.5 Å². The van der Waals surface area contributed by atoms with E-state index in [1.807, 2.05) is 17.3 Å². The maximum atomic E-state index is 12.1. The van der Waals surface area contributed by atoms with Crippen LogP contribution in [0.25, 0.3) is 0 Å². The van der Waals surface area contributed by atoms with Crippen molar-refractivity contribution in [2.24, 2.45) is 0 Å². The fourth-order valence-electron chi connectivity index (χ4n) is 2.74. The molecule has 0 radical (unpaired) electrons. The normalized spacial score (nSPS) is 18.4. The minimum atomic E-state index is 0. The van der Waals surface area contributed by atoms with Crippen LogP contribution in [0.5, 0.6) is 0 Å². The molecule has 1 aromatic rings. The van der Waals surface area contributed by atoms with Crippen molar-refractivity contribution < 1.29 is 4.79 Å². The Morgan fingerprint density at radius 2 is 1.95 bits per heavy atom. The Bertz CT molecular complexity index is 448. The van der Waals surface area contributed by atoms with Gasteiger partial charge in [-0.25, -0.2) is 4.98 Å². The van der Waals surface area contributed by atoms with E-state index in [-0.39, 0.29) is 30.7 Å². The fraction of sp³-hybridized carbons (Fsp3) is 0.692. The average molecular weight is 336 g/mol. The number of nitrogens with zero attached hydrogens (tertiary/aromatic N) is 4. The molecule has 21 heavy (non-hydrogen) atoms. The van der Waals surface area contributed by atoms with Crippen LogP contribution in [0, 0.1) is 0 Å². The van der Waals surface area contributed by atoms with E-state index in [1.165, 1.54) is 0 Å². The van der Waals surface area contributed by atoms with E-state index < -0.39 is 0 Å². The lowest BCUT2D eigenvalue weighted by Crippen LogP contribution is -2.47. The summed E-state index contributed by atoms with van der Waals surface area (Å²) in [5, 5.41) is 3.27. The highest BCUT2D eigenvalue weighted by Crippen LogP contribution is 2.10. The quantitative estimate of drug-likeness (QED) is 0.866. The average Bonchev–Trinajstić information content (AvgIpc) is 2.93. The standard InChI is InChI=1S/C13H21N5O.2ClH/c19-13(18-6-2-14-3-7-18)1-5-16-9-10-17-8-4-15-12(17)11-16;;/h4,8,14H,1-3,5-7,9-11H2;2*1H. The molecule has 120 valence electrons. The maximum absolute atomic E-state index is 12.1. The van der Waals surface area contributed by atoms with Gasteiger partial charge in [0.1, 0.15) is 5.82 Å². The summed E-state index contributed by atoms with van der Waals surface area (Å²) in [6.45, 7) is 7.25. The van der Waals surface area contributed by atoms with Gasteiger partial charge in [0.2, 0.25) is 5.91 Å². The molecule has 0 bridgehead atoms. The number of nitrogens with one attached hydrogen (secondary N) is 1. The van der Waals surface area contributed by atoms with Crippen LogP contribution in [0.15, 0.2) is 12.4 Å². The molecule has 3 heterocycles. The summed E-state index contributed by atoms with van der Waals surface area (Å²) in [5.74, 6) is 1.40. The van der Waals surface area contributed by atoms with Crippen LogP contribution in [-0.2, 0) is 17.9 Å². The maximum Gasteiger partial charge on any atom is 0.223 e. The first kappa shape index (κ1) is 18.2. The molecule has 3 rings (SSSR count). The second-order valence-corrected chi connectivity index (χ2v) is 5.19. The van der Waals surface area contributed by atoms with Crippen molar-refractivity contribution in [3.63, 3.8) is 0 Å². The number of halogens is 2. The lowest BCUT2D eigenvalue weighted by atomic mass is 10.2. The molecule has 1 aromatic heterocycles. The minimum absolute atomic E-state index is 0. The lowest BCUT2D eigenvalue weighted by Gasteiger charge is -2.30. The van der Waals surface area contributed by atoms with Crippen molar-refractivity contribution in [2.45, 2.75) is 19.5 Å². The van der Waals surface area contributed by atoms with E-state index in [9.17, 15) is 4.79 Å². The summed E-state index contributed by atoms with van der Waals surface area (Å²) < 4.78 is 2.19. The zero-order valence-corrected chi connectivity index (χ0v) is 13.7. The fourth-order valence-corrected chi connectivity index (χ4v) is 2.74. The van der Waals surface area contributed by atoms with Crippen molar-refractivity contribution in [2.75, 3.05) is 39.3 Å². The smallest absolute Gasteiger partial charge is 0.223 e. The van der Waals surface area contributed by atoms with Crippen molar-refractivity contribution >= 4 is 30.7 Å². The highest BCUT2D eigenvalue weighted by molar-refractivity contribution is 5.85. The molecule has 1 saturated heterocycles. The van der Waals surface area contributed by atoms with Crippen molar-refractivity contribution in [3.8, 4) is 0 Å². The molecular formula is C13H23Cl2N5O. The minimum Gasteiger partial charge on any atom is -0.340 e. The SMILES string of the molecule is Cl.Cl.O=C(CCN1CCn2ccnc2C1)N1CCNCC1. The molecule has 0 aliphatic carbocycles. The number of rotatable bonds is 3. The summed E-state index contributed by atoms with van der Waals surface area (Å²) >= 11 is 0. The molecule has 2 aliphatic rings. The number of carbonyl (C=O) groups excluding carboxylic acids is 1. The number of piperazine rings is 1. The molecule has 2 aliphatic heterocycles. The second kappa shape index (κ2) is 8.58. The van der Waals surface area contributed by atoms with Crippen LogP contribution in [0.3, 0.4) is 0 Å². The van der Waals surface area contributed by atoms with Crippen molar-refractivity contribution in [1.82, 2.24) is 24.7 Å². The monoisotopic (exact) mass is 335 g/mol. The van der Waals surface area contributed by atoms with E-state index in [0.717, 1.165) is 58.2 Å². The van der Waals surface area contributed by atoms with Gasteiger partial charge < -0.3 is 14.8 Å². The molecule has 1 N–H and O–H groups in total. The van der Waals surface area contributed by atoms with Crippen LogP contribution in [0.1, 0.15) is 12.2 Å². The number of amides is 1. The van der Waals surface area contributed by atoms with Crippen LogP contribution in [0.2, 0.25) is 0 Å². The summed E-state index contributed by atoms with van der Waals surface area (Å²) in [7, 11) is 0. The Morgan fingerprint density at radius 1 is 1.19 bits per heavy atom. The first-order valence-corrected chi connectivity index (χ1v) is 7.04. The molecule has 1 amide bonds. The van der Waals surface area contributed by atoms with Crippen LogP contribution >= 0.6 is 24.8 Å². The zero-order valence-electron chi connectivity index (χ0n) is 12.0.